The summed E-state index contributed by atoms with van der Waals surface area (Å²) in [6.45, 7) is 12.0. The molecule has 0 amide bonds. The number of hydrogen-bond acceptors (Lipinski definition) is 11. The van der Waals surface area contributed by atoms with E-state index in [1.165, 1.54) is 0 Å². The van der Waals surface area contributed by atoms with Crippen molar-refractivity contribution in [3.63, 3.8) is 0 Å². The smallest absolute Gasteiger partial charge is 0.335 e. The van der Waals surface area contributed by atoms with E-state index in [1.807, 2.05) is 20.8 Å². The maximum atomic E-state index is 11.9. The number of rotatable bonds is 5. The lowest BCUT2D eigenvalue weighted by molar-refractivity contribution is -0.328. The first-order chi connectivity index (χ1) is 22.2. The van der Waals surface area contributed by atoms with E-state index in [4.69, 9.17) is 9.47 Å². The highest BCUT2D eigenvalue weighted by molar-refractivity contribution is 5.73. The third-order valence-electron chi connectivity index (χ3n) is 15.6. The summed E-state index contributed by atoms with van der Waals surface area (Å²) >= 11 is 0. The van der Waals surface area contributed by atoms with Crippen LogP contribution in [-0.2, 0) is 14.3 Å². The molecule has 6 rings (SSSR count). The zero-order chi connectivity index (χ0) is 35.6. The fourth-order valence-corrected chi connectivity index (χ4v) is 12.5. The highest BCUT2D eigenvalue weighted by Gasteiger charge is 2.72. The van der Waals surface area contributed by atoms with Gasteiger partial charge in [-0.3, -0.25) is 0 Å². The molecule has 0 radical (unpaired) electrons. The summed E-state index contributed by atoms with van der Waals surface area (Å²) in [4.78, 5) is 11.7. The number of aliphatic carboxylic acids is 1. The summed E-state index contributed by atoms with van der Waals surface area (Å²) in [5.74, 6) is -1.69. The number of carbonyl (C=O) groups is 1. The summed E-state index contributed by atoms with van der Waals surface area (Å²) in [6, 6.07) is 0. The fourth-order valence-electron chi connectivity index (χ4n) is 12.5. The van der Waals surface area contributed by atoms with Crippen molar-refractivity contribution in [2.24, 2.45) is 50.2 Å². The summed E-state index contributed by atoms with van der Waals surface area (Å²) in [7, 11) is 0. The van der Waals surface area contributed by atoms with E-state index in [-0.39, 0.29) is 35.2 Å². The number of ether oxygens (including phenoxy) is 2. The van der Waals surface area contributed by atoms with Crippen molar-refractivity contribution >= 4 is 5.97 Å². The summed E-state index contributed by atoms with van der Waals surface area (Å²) in [6.07, 6.45) is -6.04. The number of aliphatic hydroxyl groups excluding tert-OH is 8. The Bertz CT molecular complexity index is 1310. The molecule has 0 unspecified atom stereocenters. The first-order valence-corrected chi connectivity index (χ1v) is 17.8. The van der Waals surface area contributed by atoms with Crippen molar-refractivity contribution in [2.45, 2.75) is 142 Å². The summed E-state index contributed by atoms with van der Waals surface area (Å²) in [5.41, 5.74) is -2.56. The molecule has 1 saturated heterocycles. The SMILES string of the molecule is CC1(C)C[C@H]2C3=CC[C@@H]4[C@@]5(C)CC[C@@H](O[C@@H]6O[C@H](C(=O)O)[C@@H](O)[C@H](O)[C@H]6O)[C@](C)(CO)[C@@H]5CC[C@@]4(C)[C@]3(C)C[C@@H](O)[C@@]2(CO)[C@H](O)[C@H]1O. The Morgan fingerprint density at radius 2 is 1.52 bits per heavy atom. The third-order valence-corrected chi connectivity index (χ3v) is 15.6. The molecule has 0 aromatic carbocycles. The van der Waals surface area contributed by atoms with Gasteiger partial charge in [-0.25, -0.2) is 4.79 Å². The first kappa shape index (κ1) is 36.6. The third kappa shape index (κ3) is 4.60. The molecule has 9 N–H and O–H groups in total. The van der Waals surface area contributed by atoms with Crippen molar-refractivity contribution in [2.75, 3.05) is 13.2 Å². The minimum absolute atomic E-state index is 0.0347. The standard InChI is InChI=1S/C36H58O12/c1-31(2)13-18-17-7-8-20-32(3)11-10-22(47-30-25(42)23(40)24(41)26(48-30)29(45)46)33(4,15-37)19(32)9-12-34(20,5)35(17,6)14-21(39)36(18,16-38)28(44)27(31)43/h7,18-28,30,37-44H,8-16H2,1-6H3,(H,45,46)/t18-,19+,20+,21+,22+,23-,24-,25+,26-,27+,28+,30+,32-,33+,34+,35+,36-/m0/s1. The number of carboxylic acid groups (broad SMARTS) is 1. The molecule has 12 heteroatoms. The van der Waals surface area contributed by atoms with Crippen LogP contribution in [0.3, 0.4) is 0 Å². The van der Waals surface area contributed by atoms with E-state index in [1.54, 1.807) is 0 Å². The Morgan fingerprint density at radius 1 is 0.854 bits per heavy atom. The maximum Gasteiger partial charge on any atom is 0.335 e. The molecule has 12 nitrogen and oxygen atoms in total. The Balaban J connectivity index is 1.33. The zero-order valence-corrected chi connectivity index (χ0v) is 29.1. The Labute approximate surface area is 282 Å². The predicted octanol–water partition coefficient (Wildman–Crippen LogP) is 0.943. The lowest BCUT2D eigenvalue weighted by Gasteiger charge is -2.72. The summed E-state index contributed by atoms with van der Waals surface area (Å²) < 4.78 is 11.7. The van der Waals surface area contributed by atoms with Crippen LogP contribution in [0.4, 0.5) is 0 Å². The quantitative estimate of drug-likeness (QED) is 0.146. The van der Waals surface area contributed by atoms with Crippen molar-refractivity contribution in [3.8, 4) is 0 Å². The van der Waals surface area contributed by atoms with Crippen LogP contribution in [0.2, 0.25) is 0 Å². The van der Waals surface area contributed by atoms with Gasteiger partial charge in [-0.15, -0.1) is 0 Å². The second-order valence-electron chi connectivity index (χ2n) is 18.0. The van der Waals surface area contributed by atoms with E-state index in [0.717, 1.165) is 24.8 Å². The Hall–Kier alpha value is -1.19. The number of allylic oxidation sites excluding steroid dienone is 2. The molecule has 4 saturated carbocycles. The van der Waals surface area contributed by atoms with Crippen molar-refractivity contribution < 1.29 is 60.2 Å². The van der Waals surface area contributed by atoms with Crippen molar-refractivity contribution in [1.29, 1.82) is 0 Å². The predicted molar refractivity (Wildman–Crippen MR) is 171 cm³/mol. The van der Waals surface area contributed by atoms with Gasteiger partial charge in [-0.2, -0.15) is 0 Å². The topological polar surface area (TPSA) is 218 Å². The second kappa shape index (κ2) is 11.7. The molecule has 5 aliphatic carbocycles. The number of hydrogen-bond donors (Lipinski definition) is 9. The zero-order valence-electron chi connectivity index (χ0n) is 29.1. The number of carboxylic acids is 1. The van der Waals surface area contributed by atoms with Gasteiger partial charge in [0.05, 0.1) is 43.0 Å². The molecule has 17 atom stereocenters. The van der Waals surface area contributed by atoms with Gasteiger partial charge >= 0.3 is 5.97 Å². The molecule has 0 aromatic heterocycles. The molecule has 274 valence electrons. The van der Waals surface area contributed by atoms with Crippen LogP contribution < -0.4 is 0 Å². The van der Waals surface area contributed by atoms with Crippen LogP contribution >= 0.6 is 0 Å². The normalized spacial score (nSPS) is 56.2. The van der Waals surface area contributed by atoms with Gasteiger partial charge in [0.1, 0.15) is 18.3 Å². The minimum atomic E-state index is -1.83. The molecule has 0 aromatic rings. The minimum Gasteiger partial charge on any atom is -0.479 e. The largest absolute Gasteiger partial charge is 0.479 e. The van der Waals surface area contributed by atoms with E-state index in [9.17, 15) is 50.8 Å². The molecule has 1 aliphatic heterocycles. The van der Waals surface area contributed by atoms with Crippen molar-refractivity contribution in [3.05, 3.63) is 11.6 Å². The van der Waals surface area contributed by atoms with Crippen LogP contribution in [0.15, 0.2) is 11.6 Å². The van der Waals surface area contributed by atoms with Crippen LogP contribution in [0.1, 0.15) is 86.5 Å². The average Bonchev–Trinajstić information content (AvgIpc) is 3.01. The molecule has 5 fully saturated rings. The van der Waals surface area contributed by atoms with E-state index in [0.29, 0.717) is 25.7 Å². The Kier molecular flexibility index (Phi) is 8.89. The summed E-state index contributed by atoms with van der Waals surface area (Å²) in [5, 5.41) is 97.2. The molecule has 0 spiro atoms. The van der Waals surface area contributed by atoms with Gasteiger partial charge in [-0.05, 0) is 84.4 Å². The van der Waals surface area contributed by atoms with E-state index in [2.05, 4.69) is 26.8 Å². The van der Waals surface area contributed by atoms with E-state index < -0.39 is 89.4 Å². The monoisotopic (exact) mass is 682 g/mol. The molecular formula is C36H58O12. The highest BCUT2D eigenvalue weighted by atomic mass is 16.7. The van der Waals surface area contributed by atoms with Gasteiger partial charge in [0.2, 0.25) is 0 Å². The van der Waals surface area contributed by atoms with Crippen LogP contribution in [0, 0.1) is 50.2 Å². The van der Waals surface area contributed by atoms with Gasteiger partial charge in [0.15, 0.2) is 12.4 Å². The van der Waals surface area contributed by atoms with Crippen molar-refractivity contribution in [1.82, 2.24) is 0 Å². The molecule has 6 aliphatic rings. The first-order valence-electron chi connectivity index (χ1n) is 17.8. The lowest BCUT2D eigenvalue weighted by atomic mass is 9.33. The number of fused-ring (bicyclic) bond motifs is 7. The van der Waals surface area contributed by atoms with Gasteiger partial charge < -0.3 is 55.4 Å². The number of aliphatic hydroxyl groups is 8. The molecular weight excluding hydrogens is 624 g/mol. The molecule has 1 heterocycles. The Morgan fingerprint density at radius 3 is 2.12 bits per heavy atom. The lowest BCUT2D eigenvalue weighted by Crippen LogP contribution is -2.71. The average molecular weight is 683 g/mol. The van der Waals surface area contributed by atoms with Crippen LogP contribution in [-0.4, -0.2) is 120 Å². The maximum absolute atomic E-state index is 11.9. The van der Waals surface area contributed by atoms with E-state index >= 15 is 0 Å². The van der Waals surface area contributed by atoms with Gasteiger partial charge in [-0.1, -0.05) is 53.2 Å². The second-order valence-corrected chi connectivity index (χ2v) is 18.0. The highest BCUT2D eigenvalue weighted by Crippen LogP contribution is 2.75. The van der Waals surface area contributed by atoms with Gasteiger partial charge in [0.25, 0.3) is 0 Å². The van der Waals surface area contributed by atoms with Crippen LogP contribution in [0.25, 0.3) is 0 Å². The van der Waals surface area contributed by atoms with Crippen LogP contribution in [0.5, 0.6) is 0 Å². The van der Waals surface area contributed by atoms with Gasteiger partial charge in [0, 0.05) is 5.41 Å². The fraction of sp³-hybridized carbons (Fsp3) is 0.917. The molecule has 0 bridgehead atoms. The molecule has 48 heavy (non-hydrogen) atoms.